The van der Waals surface area contributed by atoms with Crippen molar-refractivity contribution in [2.45, 2.75) is 17.8 Å². The molecule has 1 heterocycles. The third-order valence-electron chi connectivity index (χ3n) is 1.63. The van der Waals surface area contributed by atoms with Gasteiger partial charge in [0, 0.05) is 5.75 Å². The standard InChI is InChI=1S/C7H8F3N5OS/c8-7(9,10)1-2-17-6-13-4(11)3(15-16)5(12)14-6/h1-2H2,(H4,11,12,13,14). The lowest BCUT2D eigenvalue weighted by atomic mass is 10.4. The van der Waals surface area contributed by atoms with E-state index in [0.717, 1.165) is 11.8 Å². The van der Waals surface area contributed by atoms with Crippen molar-refractivity contribution in [2.75, 3.05) is 17.2 Å². The number of nitrogens with two attached hydrogens (primary N) is 2. The molecule has 1 rings (SSSR count). The molecule has 0 unspecified atom stereocenters. The Morgan fingerprint density at radius 2 is 1.76 bits per heavy atom. The van der Waals surface area contributed by atoms with Gasteiger partial charge in [0.15, 0.2) is 22.5 Å². The van der Waals surface area contributed by atoms with Crippen molar-refractivity contribution >= 4 is 29.1 Å². The summed E-state index contributed by atoms with van der Waals surface area (Å²) in [4.78, 5) is 17.5. The molecule has 0 aliphatic carbocycles. The van der Waals surface area contributed by atoms with Crippen molar-refractivity contribution in [3.8, 4) is 0 Å². The van der Waals surface area contributed by atoms with E-state index < -0.39 is 12.6 Å². The fraction of sp³-hybridized carbons (Fsp3) is 0.429. The summed E-state index contributed by atoms with van der Waals surface area (Å²) in [6.45, 7) is 0. The van der Waals surface area contributed by atoms with Crippen LogP contribution >= 0.6 is 11.8 Å². The van der Waals surface area contributed by atoms with Crippen molar-refractivity contribution in [3.05, 3.63) is 4.91 Å². The first-order valence-electron chi connectivity index (χ1n) is 4.29. The maximum atomic E-state index is 11.9. The molecule has 0 aromatic carbocycles. The topological polar surface area (TPSA) is 107 Å². The van der Waals surface area contributed by atoms with E-state index in [1.54, 1.807) is 0 Å². The van der Waals surface area contributed by atoms with Crippen molar-refractivity contribution in [3.63, 3.8) is 0 Å². The van der Waals surface area contributed by atoms with E-state index in [1.807, 2.05) is 0 Å². The van der Waals surface area contributed by atoms with Crippen molar-refractivity contribution in [1.29, 1.82) is 0 Å². The van der Waals surface area contributed by atoms with Crippen LogP contribution in [-0.2, 0) is 0 Å². The summed E-state index contributed by atoms with van der Waals surface area (Å²) >= 11 is 0.749. The van der Waals surface area contributed by atoms with Gasteiger partial charge in [-0.15, -0.1) is 4.91 Å². The van der Waals surface area contributed by atoms with Gasteiger partial charge in [-0.25, -0.2) is 9.97 Å². The molecular formula is C7H8F3N5OS. The molecule has 6 nitrogen and oxygen atoms in total. The van der Waals surface area contributed by atoms with Gasteiger partial charge in [-0.1, -0.05) is 11.8 Å². The summed E-state index contributed by atoms with van der Waals surface area (Å²) in [7, 11) is 0. The lowest BCUT2D eigenvalue weighted by Gasteiger charge is -2.06. The summed E-state index contributed by atoms with van der Waals surface area (Å²) < 4.78 is 35.6. The smallest absolute Gasteiger partial charge is 0.382 e. The van der Waals surface area contributed by atoms with Crippen LogP contribution in [0.5, 0.6) is 0 Å². The molecule has 0 saturated heterocycles. The van der Waals surface area contributed by atoms with Crippen LogP contribution in [0.2, 0.25) is 0 Å². The molecule has 0 fully saturated rings. The van der Waals surface area contributed by atoms with Crippen LogP contribution in [0.15, 0.2) is 10.3 Å². The minimum absolute atomic E-state index is 0.0170. The van der Waals surface area contributed by atoms with E-state index in [9.17, 15) is 18.1 Å². The van der Waals surface area contributed by atoms with Gasteiger partial charge in [0.1, 0.15) is 0 Å². The average molecular weight is 267 g/mol. The zero-order chi connectivity index (χ0) is 13.1. The van der Waals surface area contributed by atoms with Crippen LogP contribution in [0.25, 0.3) is 0 Å². The second kappa shape index (κ2) is 5.17. The third kappa shape index (κ3) is 4.06. The molecule has 0 atom stereocenters. The SMILES string of the molecule is Nc1nc(SCCC(F)(F)F)nc(N)c1N=O. The van der Waals surface area contributed by atoms with Gasteiger partial charge in [-0.3, -0.25) is 0 Å². The second-order valence-electron chi connectivity index (χ2n) is 2.93. The van der Waals surface area contributed by atoms with Crippen LogP contribution in [0.4, 0.5) is 30.5 Å². The van der Waals surface area contributed by atoms with Crippen molar-refractivity contribution < 1.29 is 13.2 Å². The van der Waals surface area contributed by atoms with Crippen molar-refractivity contribution in [1.82, 2.24) is 9.97 Å². The molecule has 0 spiro atoms. The molecule has 94 valence electrons. The Labute approximate surface area is 98.0 Å². The maximum Gasteiger partial charge on any atom is 0.389 e. The van der Waals surface area contributed by atoms with Crippen LogP contribution in [0, 0.1) is 4.91 Å². The quantitative estimate of drug-likeness (QED) is 0.491. The highest BCUT2D eigenvalue weighted by atomic mass is 32.2. The first-order chi connectivity index (χ1) is 7.83. The highest BCUT2D eigenvalue weighted by molar-refractivity contribution is 7.99. The summed E-state index contributed by atoms with van der Waals surface area (Å²) in [5.41, 5.74) is 10.4. The van der Waals surface area contributed by atoms with E-state index in [2.05, 4.69) is 15.1 Å². The average Bonchev–Trinajstić information content (AvgIpc) is 2.15. The molecule has 0 amide bonds. The molecule has 1 aromatic rings. The third-order valence-corrected chi connectivity index (χ3v) is 2.47. The number of nitrogen functional groups attached to an aromatic ring is 2. The molecule has 17 heavy (non-hydrogen) atoms. The fourth-order valence-corrected chi connectivity index (χ4v) is 1.73. The first kappa shape index (κ1) is 13.5. The van der Waals surface area contributed by atoms with E-state index in [-0.39, 0.29) is 28.2 Å². The van der Waals surface area contributed by atoms with Gasteiger partial charge >= 0.3 is 6.18 Å². The van der Waals surface area contributed by atoms with Crippen LogP contribution in [0.1, 0.15) is 6.42 Å². The first-order valence-corrected chi connectivity index (χ1v) is 5.28. The van der Waals surface area contributed by atoms with Crippen LogP contribution in [0.3, 0.4) is 0 Å². The molecule has 0 saturated carbocycles. The van der Waals surface area contributed by atoms with Gasteiger partial charge in [0.05, 0.1) is 6.42 Å². The zero-order valence-electron chi connectivity index (χ0n) is 8.36. The number of alkyl halides is 3. The lowest BCUT2D eigenvalue weighted by molar-refractivity contribution is -0.129. The monoisotopic (exact) mass is 267 g/mol. The van der Waals surface area contributed by atoms with Gasteiger partial charge in [-0.2, -0.15) is 13.2 Å². The molecule has 0 radical (unpaired) electrons. The molecule has 0 aliphatic rings. The number of halogens is 3. The Morgan fingerprint density at radius 3 is 2.18 bits per heavy atom. The Hall–Kier alpha value is -1.58. The van der Waals surface area contributed by atoms with E-state index in [4.69, 9.17) is 11.5 Å². The second-order valence-corrected chi connectivity index (χ2v) is 3.99. The number of anilines is 2. The summed E-state index contributed by atoms with van der Waals surface area (Å²) in [5, 5.41) is 2.50. The molecule has 0 bridgehead atoms. The Balaban J connectivity index is 2.71. The minimum Gasteiger partial charge on any atom is -0.382 e. The molecule has 4 N–H and O–H groups in total. The Bertz CT molecular complexity index is 401. The fourth-order valence-electron chi connectivity index (χ4n) is 0.884. The summed E-state index contributed by atoms with van der Waals surface area (Å²) in [6.07, 6.45) is -5.22. The van der Waals surface area contributed by atoms with Gasteiger partial charge in [0.25, 0.3) is 0 Å². The van der Waals surface area contributed by atoms with E-state index >= 15 is 0 Å². The lowest BCUT2D eigenvalue weighted by Crippen LogP contribution is -2.08. The Morgan fingerprint density at radius 1 is 1.24 bits per heavy atom. The van der Waals surface area contributed by atoms with E-state index in [0.29, 0.717) is 0 Å². The highest BCUT2D eigenvalue weighted by Gasteiger charge is 2.26. The number of aromatic nitrogens is 2. The van der Waals surface area contributed by atoms with E-state index in [1.165, 1.54) is 0 Å². The van der Waals surface area contributed by atoms with Gasteiger partial charge in [0.2, 0.25) is 0 Å². The summed E-state index contributed by atoms with van der Waals surface area (Å²) in [6, 6.07) is 0. The minimum atomic E-state index is -4.24. The van der Waals surface area contributed by atoms with Crippen molar-refractivity contribution in [2.24, 2.45) is 5.18 Å². The number of thioether (sulfide) groups is 1. The predicted octanol–water partition coefficient (Wildman–Crippen LogP) is 2.08. The summed E-state index contributed by atoms with van der Waals surface area (Å²) in [5.74, 6) is -0.750. The number of hydrogen-bond acceptors (Lipinski definition) is 7. The molecule has 10 heteroatoms. The van der Waals surface area contributed by atoms with Gasteiger partial charge in [-0.05, 0) is 5.18 Å². The number of nitrogens with zero attached hydrogens (tertiary/aromatic N) is 3. The van der Waals surface area contributed by atoms with Crippen LogP contribution < -0.4 is 11.5 Å². The molecule has 1 aromatic heterocycles. The number of nitroso groups, excluding NO2 is 1. The highest BCUT2D eigenvalue weighted by Crippen LogP contribution is 2.30. The van der Waals surface area contributed by atoms with Crippen LogP contribution in [-0.4, -0.2) is 21.9 Å². The van der Waals surface area contributed by atoms with Gasteiger partial charge < -0.3 is 11.5 Å². The molecular weight excluding hydrogens is 259 g/mol. The largest absolute Gasteiger partial charge is 0.389 e. The molecule has 0 aliphatic heterocycles. The number of rotatable bonds is 4. The normalized spacial score (nSPS) is 11.5. The number of hydrogen-bond donors (Lipinski definition) is 2. The Kier molecular flexibility index (Phi) is 4.10. The predicted molar refractivity (Wildman–Crippen MR) is 57.7 cm³/mol. The maximum absolute atomic E-state index is 11.9. The zero-order valence-corrected chi connectivity index (χ0v) is 9.18.